The van der Waals surface area contributed by atoms with Crippen LogP contribution in [0, 0.1) is 13.8 Å². The fraction of sp³-hybridized carbons (Fsp3) is 0.650. The van der Waals surface area contributed by atoms with Gasteiger partial charge in [-0.25, -0.2) is 0 Å². The summed E-state index contributed by atoms with van der Waals surface area (Å²) in [5.41, 5.74) is 8.34. The second-order valence-corrected chi connectivity index (χ2v) is 6.78. The Balaban J connectivity index is -0.000000136. The summed E-state index contributed by atoms with van der Waals surface area (Å²) in [4.78, 5) is 10.3. The Kier molecular flexibility index (Phi) is 40.3. The number of hydrogen-bond donors (Lipinski definition) is 2. The lowest BCUT2D eigenvalue weighted by Crippen LogP contribution is -2.09. The van der Waals surface area contributed by atoms with Gasteiger partial charge in [0.25, 0.3) is 0 Å². The number of nitrogens with one attached hydrogen (secondary N) is 1. The number of rotatable bonds is 7. The van der Waals surface area contributed by atoms with E-state index in [-0.39, 0.29) is 0 Å². The number of hydrogen-bond acceptors (Lipinski definition) is 5. The maximum atomic E-state index is 10.3. The molecule has 0 saturated carbocycles. The van der Waals surface area contributed by atoms with Gasteiger partial charge >= 0.3 is 0 Å². The second kappa shape index (κ2) is 31.3. The summed E-state index contributed by atoms with van der Waals surface area (Å²) in [7, 11) is 5.69. The highest BCUT2D eigenvalue weighted by atomic mass is 33.1. The molecule has 0 fully saturated rings. The highest BCUT2D eigenvalue weighted by molar-refractivity contribution is 8.76. The monoisotopic (exact) mass is 390 g/mol. The smallest absolute Gasteiger partial charge is 0.150 e. The first-order chi connectivity index (χ1) is 12.1. The molecule has 0 saturated heterocycles. The Morgan fingerprint density at radius 3 is 1.72 bits per heavy atom. The van der Waals surface area contributed by atoms with Crippen LogP contribution in [0.25, 0.3) is 0 Å². The lowest BCUT2D eigenvalue weighted by molar-refractivity contribution is 0.112. The molecule has 1 rings (SSSR count). The molecular weight excluding hydrogens is 348 g/mol. The van der Waals surface area contributed by atoms with E-state index >= 15 is 0 Å². The Morgan fingerprint density at radius 1 is 0.920 bits per heavy atom. The summed E-state index contributed by atoms with van der Waals surface area (Å²) in [6.45, 7) is 17.8. The lowest BCUT2D eigenvalue weighted by Gasteiger charge is -1.97. The fourth-order valence-electron chi connectivity index (χ4n) is 1.39. The van der Waals surface area contributed by atoms with Gasteiger partial charge in [0.05, 0.1) is 0 Å². The zero-order valence-corrected chi connectivity index (χ0v) is 19.6. The van der Waals surface area contributed by atoms with Crippen LogP contribution in [0.4, 0.5) is 0 Å². The molecule has 150 valence electrons. The minimum absolute atomic E-state index is 0.762. The van der Waals surface area contributed by atoms with Crippen LogP contribution in [-0.4, -0.2) is 37.9 Å². The first-order valence-corrected chi connectivity index (χ1v) is 11.8. The van der Waals surface area contributed by atoms with Crippen molar-refractivity contribution in [1.82, 2.24) is 5.32 Å². The normalized spacial score (nSPS) is 8.08. The highest BCUT2D eigenvalue weighted by Crippen LogP contribution is 2.18. The number of carbonyl (C=O) groups is 1. The van der Waals surface area contributed by atoms with E-state index in [1.165, 1.54) is 5.75 Å². The van der Waals surface area contributed by atoms with Crippen molar-refractivity contribution in [3.63, 3.8) is 0 Å². The summed E-state index contributed by atoms with van der Waals surface area (Å²) in [6, 6.07) is 5.80. The number of aldehydes is 1. The molecule has 0 bridgehead atoms. The van der Waals surface area contributed by atoms with Gasteiger partial charge in [-0.3, -0.25) is 4.79 Å². The molecule has 0 unspecified atom stereocenters. The Morgan fingerprint density at radius 2 is 1.36 bits per heavy atom. The number of aryl methyl sites for hydroxylation is 2. The van der Waals surface area contributed by atoms with E-state index in [2.05, 4.69) is 5.32 Å². The van der Waals surface area contributed by atoms with E-state index < -0.39 is 0 Å². The summed E-state index contributed by atoms with van der Waals surface area (Å²) in [5.74, 6) is 2.23. The SMILES string of the molecule is CC.CC.CC.CNCCSSCCN.Cc1cc(C)cc(C=O)c1. The maximum Gasteiger partial charge on any atom is 0.150 e. The third-order valence-electron chi connectivity index (χ3n) is 2.10. The van der Waals surface area contributed by atoms with Crippen LogP contribution in [0.5, 0.6) is 0 Å². The van der Waals surface area contributed by atoms with Crippen LogP contribution in [-0.2, 0) is 0 Å². The zero-order valence-electron chi connectivity index (χ0n) is 17.9. The largest absolute Gasteiger partial charge is 0.330 e. The molecule has 3 nitrogen and oxygen atoms in total. The van der Waals surface area contributed by atoms with E-state index in [0.29, 0.717) is 0 Å². The number of nitrogens with two attached hydrogens (primary N) is 1. The molecule has 0 amide bonds. The molecule has 1 aromatic carbocycles. The van der Waals surface area contributed by atoms with Crippen LogP contribution in [0.15, 0.2) is 18.2 Å². The van der Waals surface area contributed by atoms with E-state index in [4.69, 9.17) is 5.73 Å². The first kappa shape index (κ1) is 32.2. The third-order valence-corrected chi connectivity index (χ3v) is 4.54. The van der Waals surface area contributed by atoms with Crippen molar-refractivity contribution >= 4 is 27.9 Å². The summed E-state index contributed by atoms with van der Waals surface area (Å²) < 4.78 is 0. The van der Waals surface area contributed by atoms with Gasteiger partial charge in [-0.2, -0.15) is 0 Å². The number of carbonyl (C=O) groups excluding carboxylic acids is 1. The van der Waals surface area contributed by atoms with Crippen molar-refractivity contribution in [3.05, 3.63) is 34.9 Å². The molecule has 25 heavy (non-hydrogen) atoms. The van der Waals surface area contributed by atoms with Gasteiger partial charge in [0.1, 0.15) is 6.29 Å². The topological polar surface area (TPSA) is 55.1 Å². The standard InChI is InChI=1S/C9H10O.C5H14N2S2.3C2H6/c1-7-3-8(2)5-9(4-7)6-10;1-7-3-5-9-8-4-2-6;3*1-2/h3-6H,1-2H3;7H,2-6H2,1H3;3*1-2H3. The molecule has 0 spiro atoms. The number of benzene rings is 1. The second-order valence-electron chi connectivity index (χ2n) is 4.08. The van der Waals surface area contributed by atoms with E-state index in [0.717, 1.165) is 41.8 Å². The van der Waals surface area contributed by atoms with Crippen LogP contribution in [0.1, 0.15) is 63.0 Å². The highest BCUT2D eigenvalue weighted by Gasteiger charge is 1.91. The van der Waals surface area contributed by atoms with Crippen molar-refractivity contribution in [2.45, 2.75) is 55.4 Å². The zero-order chi connectivity index (χ0) is 20.5. The van der Waals surface area contributed by atoms with Crippen molar-refractivity contribution in [2.24, 2.45) is 5.73 Å². The molecule has 0 heterocycles. The average molecular weight is 391 g/mol. The maximum absolute atomic E-state index is 10.3. The minimum atomic E-state index is 0.762. The molecule has 0 aliphatic heterocycles. The lowest BCUT2D eigenvalue weighted by atomic mass is 10.1. The molecule has 5 heteroatoms. The van der Waals surface area contributed by atoms with Crippen LogP contribution in [0.3, 0.4) is 0 Å². The average Bonchev–Trinajstić information content (AvgIpc) is 2.66. The predicted molar refractivity (Wildman–Crippen MR) is 123 cm³/mol. The Hall–Kier alpha value is -0.490. The van der Waals surface area contributed by atoms with Gasteiger partial charge in [0.15, 0.2) is 0 Å². The van der Waals surface area contributed by atoms with Crippen LogP contribution >= 0.6 is 21.6 Å². The molecule has 0 aliphatic carbocycles. The van der Waals surface area contributed by atoms with Crippen molar-refractivity contribution in [1.29, 1.82) is 0 Å². The Bertz CT molecular complexity index is 335. The van der Waals surface area contributed by atoms with E-state index in [1.807, 2.05) is 102 Å². The fourth-order valence-corrected chi connectivity index (χ4v) is 3.25. The van der Waals surface area contributed by atoms with Gasteiger partial charge in [-0.05, 0) is 33.0 Å². The van der Waals surface area contributed by atoms with Crippen molar-refractivity contribution in [3.8, 4) is 0 Å². The van der Waals surface area contributed by atoms with Gasteiger partial charge in [-0.1, -0.05) is 80.3 Å². The summed E-state index contributed by atoms with van der Waals surface area (Å²) >= 11 is 0. The molecular formula is C20H42N2OS2. The van der Waals surface area contributed by atoms with Crippen LogP contribution in [0.2, 0.25) is 0 Å². The molecule has 0 aromatic heterocycles. The van der Waals surface area contributed by atoms with Gasteiger partial charge < -0.3 is 11.1 Å². The van der Waals surface area contributed by atoms with Crippen molar-refractivity contribution < 1.29 is 4.79 Å². The van der Waals surface area contributed by atoms with Crippen molar-refractivity contribution in [2.75, 3.05) is 31.6 Å². The first-order valence-electron chi connectivity index (χ1n) is 9.26. The quantitative estimate of drug-likeness (QED) is 0.353. The Labute approximate surface area is 165 Å². The van der Waals surface area contributed by atoms with E-state index in [9.17, 15) is 4.79 Å². The van der Waals surface area contributed by atoms with Gasteiger partial charge in [0, 0.05) is 30.2 Å². The van der Waals surface area contributed by atoms with Crippen LogP contribution < -0.4 is 11.1 Å². The molecule has 0 radical (unpaired) electrons. The predicted octanol–water partition coefficient (Wildman–Crippen LogP) is 5.74. The third kappa shape index (κ3) is 28.6. The molecule has 0 aliphatic rings. The minimum Gasteiger partial charge on any atom is -0.330 e. The summed E-state index contributed by atoms with van der Waals surface area (Å²) in [5, 5.41) is 3.08. The molecule has 3 N–H and O–H groups in total. The molecule has 1 aromatic rings. The van der Waals surface area contributed by atoms with E-state index in [1.54, 1.807) is 0 Å². The van der Waals surface area contributed by atoms with Gasteiger partial charge in [0.2, 0.25) is 0 Å². The summed E-state index contributed by atoms with van der Waals surface area (Å²) in [6.07, 6.45) is 0.875. The molecule has 0 atom stereocenters. The van der Waals surface area contributed by atoms with Gasteiger partial charge in [-0.15, -0.1) is 0 Å².